The molecule has 0 spiro atoms. The number of benzene rings is 1. The van der Waals surface area contributed by atoms with Crippen LogP contribution in [0.4, 0.5) is 0 Å². The summed E-state index contributed by atoms with van der Waals surface area (Å²) in [5.41, 5.74) is 2.41. The van der Waals surface area contributed by atoms with Gasteiger partial charge in [0.1, 0.15) is 17.1 Å². The highest BCUT2D eigenvalue weighted by molar-refractivity contribution is 6.20. The minimum Gasteiger partial charge on any atom is -0.491 e. The van der Waals surface area contributed by atoms with Gasteiger partial charge in [0, 0.05) is 6.04 Å². The highest BCUT2D eigenvalue weighted by atomic mass is 35.5. The highest BCUT2D eigenvalue weighted by Crippen LogP contribution is 2.57. The Bertz CT molecular complexity index is 660. The van der Waals surface area contributed by atoms with E-state index >= 15 is 0 Å². The third kappa shape index (κ3) is 2.52. The van der Waals surface area contributed by atoms with Gasteiger partial charge in [0.25, 0.3) is 0 Å². The minimum absolute atomic E-state index is 0.104. The molecule has 1 aliphatic carbocycles. The van der Waals surface area contributed by atoms with Gasteiger partial charge in [-0.05, 0) is 37.3 Å². The van der Waals surface area contributed by atoms with Gasteiger partial charge in [-0.15, -0.1) is 11.6 Å². The Hall–Kier alpha value is -1.22. The van der Waals surface area contributed by atoms with Crippen molar-refractivity contribution in [2.45, 2.75) is 52.0 Å². The van der Waals surface area contributed by atoms with Crippen molar-refractivity contribution in [2.75, 3.05) is 6.61 Å². The zero-order chi connectivity index (χ0) is 15.2. The molecular formula is C17H23ClN2O. The van der Waals surface area contributed by atoms with Gasteiger partial charge in [-0.25, -0.2) is 4.98 Å². The summed E-state index contributed by atoms with van der Waals surface area (Å²) in [6.45, 7) is 9.40. The van der Waals surface area contributed by atoms with E-state index in [1.54, 1.807) is 0 Å². The van der Waals surface area contributed by atoms with E-state index in [4.69, 9.17) is 21.3 Å². The van der Waals surface area contributed by atoms with Crippen LogP contribution in [0.1, 0.15) is 57.8 Å². The second-order valence-electron chi connectivity index (χ2n) is 6.64. The molecule has 0 amide bonds. The molecule has 2 atom stereocenters. The Labute approximate surface area is 131 Å². The standard InChI is InChI=1S/C17H23ClN2O/c1-5-9-21-13-8-6-7-12-15(13)19-16(11(2)18)20(12)14-10-17(14,3)4/h6-8,11,14H,5,9-10H2,1-4H3. The van der Waals surface area contributed by atoms with E-state index in [2.05, 4.69) is 31.4 Å². The lowest BCUT2D eigenvalue weighted by molar-refractivity contribution is 0.320. The van der Waals surface area contributed by atoms with Crippen LogP contribution < -0.4 is 4.74 Å². The number of hydrogen-bond acceptors (Lipinski definition) is 2. The van der Waals surface area contributed by atoms with E-state index in [1.807, 2.05) is 19.1 Å². The lowest BCUT2D eigenvalue weighted by Gasteiger charge is -2.12. The number of ether oxygens (including phenoxy) is 1. The number of hydrogen-bond donors (Lipinski definition) is 0. The quantitative estimate of drug-likeness (QED) is 0.719. The van der Waals surface area contributed by atoms with Gasteiger partial charge in [0.05, 0.1) is 17.5 Å². The smallest absolute Gasteiger partial charge is 0.147 e. The van der Waals surface area contributed by atoms with Crippen LogP contribution in [0.15, 0.2) is 18.2 Å². The van der Waals surface area contributed by atoms with Gasteiger partial charge < -0.3 is 9.30 Å². The first-order valence-electron chi connectivity index (χ1n) is 7.73. The first-order valence-corrected chi connectivity index (χ1v) is 8.17. The van der Waals surface area contributed by atoms with Crippen molar-refractivity contribution in [1.29, 1.82) is 0 Å². The van der Waals surface area contributed by atoms with Crippen molar-refractivity contribution >= 4 is 22.6 Å². The molecule has 0 aliphatic heterocycles. The summed E-state index contributed by atoms with van der Waals surface area (Å²) >= 11 is 6.38. The molecule has 0 radical (unpaired) electrons. The van der Waals surface area contributed by atoms with E-state index in [-0.39, 0.29) is 5.38 Å². The van der Waals surface area contributed by atoms with Crippen LogP contribution in [0, 0.1) is 5.41 Å². The average molecular weight is 307 g/mol. The fourth-order valence-electron chi connectivity index (χ4n) is 2.93. The Morgan fingerprint density at radius 3 is 2.76 bits per heavy atom. The van der Waals surface area contributed by atoms with Crippen molar-refractivity contribution in [3.8, 4) is 5.75 Å². The molecule has 1 aromatic heterocycles. The first-order chi connectivity index (χ1) is 9.95. The first kappa shape index (κ1) is 14.7. The maximum absolute atomic E-state index is 6.38. The molecule has 1 saturated carbocycles. The molecule has 1 aliphatic rings. The van der Waals surface area contributed by atoms with E-state index in [9.17, 15) is 0 Å². The second-order valence-corrected chi connectivity index (χ2v) is 7.29. The van der Waals surface area contributed by atoms with Gasteiger partial charge in [0.15, 0.2) is 0 Å². The van der Waals surface area contributed by atoms with E-state index in [0.29, 0.717) is 18.1 Å². The minimum atomic E-state index is -0.104. The van der Waals surface area contributed by atoms with Gasteiger partial charge in [0.2, 0.25) is 0 Å². The molecule has 3 nitrogen and oxygen atoms in total. The molecule has 0 saturated heterocycles. The van der Waals surface area contributed by atoms with Crippen molar-refractivity contribution in [3.63, 3.8) is 0 Å². The molecule has 0 bridgehead atoms. The maximum Gasteiger partial charge on any atom is 0.147 e. The number of fused-ring (bicyclic) bond motifs is 1. The van der Waals surface area contributed by atoms with Crippen LogP contribution >= 0.6 is 11.6 Å². The number of rotatable bonds is 5. The van der Waals surface area contributed by atoms with Gasteiger partial charge >= 0.3 is 0 Å². The van der Waals surface area contributed by atoms with Crippen LogP contribution in [-0.2, 0) is 0 Å². The molecule has 1 heterocycles. The molecule has 0 N–H and O–H groups in total. The summed E-state index contributed by atoms with van der Waals surface area (Å²) < 4.78 is 8.17. The van der Waals surface area contributed by atoms with Crippen molar-refractivity contribution in [2.24, 2.45) is 5.41 Å². The molecule has 3 rings (SSSR count). The van der Waals surface area contributed by atoms with Crippen LogP contribution in [0.2, 0.25) is 0 Å². The largest absolute Gasteiger partial charge is 0.491 e. The zero-order valence-corrected chi connectivity index (χ0v) is 13.9. The second kappa shape index (κ2) is 5.20. The monoisotopic (exact) mass is 306 g/mol. The average Bonchev–Trinajstić information content (AvgIpc) is 2.89. The highest BCUT2D eigenvalue weighted by Gasteiger charge is 2.48. The SMILES string of the molecule is CCCOc1cccc2c1nc(C(C)Cl)n2C1CC1(C)C. The van der Waals surface area contributed by atoms with E-state index < -0.39 is 0 Å². The summed E-state index contributed by atoms with van der Waals surface area (Å²) in [5, 5.41) is -0.104. The summed E-state index contributed by atoms with van der Waals surface area (Å²) in [6.07, 6.45) is 2.17. The predicted molar refractivity (Wildman–Crippen MR) is 87.2 cm³/mol. The third-order valence-corrected chi connectivity index (χ3v) is 4.50. The van der Waals surface area contributed by atoms with Crippen molar-refractivity contribution < 1.29 is 4.74 Å². The number of halogens is 1. The summed E-state index contributed by atoms with van der Waals surface area (Å²) in [7, 11) is 0. The number of imidazole rings is 1. The normalized spacial score (nSPS) is 21.5. The van der Waals surface area contributed by atoms with Crippen LogP contribution in [0.5, 0.6) is 5.75 Å². The maximum atomic E-state index is 6.38. The van der Waals surface area contributed by atoms with Crippen molar-refractivity contribution in [1.82, 2.24) is 9.55 Å². The Morgan fingerprint density at radius 2 is 2.19 bits per heavy atom. The molecular weight excluding hydrogens is 284 g/mol. The van der Waals surface area contributed by atoms with E-state index in [1.165, 1.54) is 6.42 Å². The molecule has 114 valence electrons. The molecule has 4 heteroatoms. The Balaban J connectivity index is 2.14. The number of aromatic nitrogens is 2. The molecule has 21 heavy (non-hydrogen) atoms. The number of para-hydroxylation sites is 1. The molecule has 1 aromatic carbocycles. The molecule has 2 aromatic rings. The van der Waals surface area contributed by atoms with E-state index in [0.717, 1.165) is 29.0 Å². The van der Waals surface area contributed by atoms with Crippen LogP contribution in [0.25, 0.3) is 11.0 Å². The fourth-order valence-corrected chi connectivity index (χ4v) is 3.08. The summed E-state index contributed by atoms with van der Waals surface area (Å²) in [4.78, 5) is 4.80. The lowest BCUT2D eigenvalue weighted by Crippen LogP contribution is -2.06. The fraction of sp³-hybridized carbons (Fsp3) is 0.588. The molecule has 1 fully saturated rings. The van der Waals surface area contributed by atoms with Gasteiger partial charge in [-0.3, -0.25) is 0 Å². The zero-order valence-electron chi connectivity index (χ0n) is 13.2. The number of nitrogens with zero attached hydrogens (tertiary/aromatic N) is 2. The predicted octanol–water partition coefficient (Wildman–Crippen LogP) is 5.10. The Kier molecular flexibility index (Phi) is 3.64. The van der Waals surface area contributed by atoms with Crippen molar-refractivity contribution in [3.05, 3.63) is 24.0 Å². The summed E-state index contributed by atoms with van der Waals surface area (Å²) in [6, 6.07) is 6.65. The Morgan fingerprint density at radius 1 is 1.48 bits per heavy atom. The van der Waals surface area contributed by atoms with Gasteiger partial charge in [-0.1, -0.05) is 26.8 Å². The van der Waals surface area contributed by atoms with Crippen LogP contribution in [0.3, 0.4) is 0 Å². The van der Waals surface area contributed by atoms with Crippen LogP contribution in [-0.4, -0.2) is 16.2 Å². The van der Waals surface area contributed by atoms with Gasteiger partial charge in [-0.2, -0.15) is 0 Å². The topological polar surface area (TPSA) is 27.1 Å². The lowest BCUT2D eigenvalue weighted by atomic mass is 10.2. The third-order valence-electron chi connectivity index (χ3n) is 4.30. The summed E-state index contributed by atoms with van der Waals surface area (Å²) in [5.74, 6) is 1.82. The number of alkyl halides is 1. The molecule has 2 unspecified atom stereocenters.